The van der Waals surface area contributed by atoms with Crippen molar-refractivity contribution in [2.75, 3.05) is 6.61 Å². The van der Waals surface area contributed by atoms with Gasteiger partial charge >= 0.3 is 0 Å². The highest BCUT2D eigenvalue weighted by atomic mass is 16.3. The molecule has 4 atom stereocenters. The Hall–Kier alpha value is -0.950. The third-order valence-electron chi connectivity index (χ3n) is 13.0. The fraction of sp³-hybridized carbons (Fsp3) is 0.944. The van der Waals surface area contributed by atoms with Crippen LogP contribution in [0.3, 0.4) is 0 Å². The van der Waals surface area contributed by atoms with E-state index in [0.717, 1.165) is 38.5 Å². The predicted octanol–water partition coefficient (Wildman–Crippen LogP) is 15.3. The normalized spacial score (nSPS) is 13.9. The molecule has 4 unspecified atom stereocenters. The van der Waals surface area contributed by atoms with E-state index in [2.05, 4.69) is 31.3 Å². The Labute approximate surface area is 374 Å². The van der Waals surface area contributed by atoms with Crippen molar-refractivity contribution in [1.29, 1.82) is 0 Å². The van der Waals surface area contributed by atoms with Crippen molar-refractivity contribution >= 4 is 5.91 Å². The average Bonchev–Trinajstić information content (AvgIpc) is 3.25. The molecule has 0 heterocycles. The fourth-order valence-electron chi connectivity index (χ4n) is 8.70. The lowest BCUT2D eigenvalue weighted by Crippen LogP contribution is -2.53. The standard InChI is InChI=1S/C54H107NO5/c1-3-5-7-9-11-13-15-17-19-21-23-24-25-26-27-28-30-32-34-36-38-40-42-44-46-48-52(58)54(60)55-50(49-56)53(59)51(57)47-45-43-41-39-37-35-33-31-29-22-20-18-16-14-12-10-8-6-4-2/h39,41,50-53,56-59H,3-38,40,42-49H2,1-2H3,(H,55,60)/b41-39+. The van der Waals surface area contributed by atoms with Gasteiger partial charge in [-0.05, 0) is 38.5 Å². The Morgan fingerprint density at radius 2 is 0.683 bits per heavy atom. The maximum atomic E-state index is 12.6. The van der Waals surface area contributed by atoms with Crippen molar-refractivity contribution < 1.29 is 25.2 Å². The summed E-state index contributed by atoms with van der Waals surface area (Å²) in [5, 5.41) is 43.9. The first kappa shape index (κ1) is 59.0. The zero-order valence-corrected chi connectivity index (χ0v) is 40.5. The smallest absolute Gasteiger partial charge is 0.249 e. The minimum Gasteiger partial charge on any atom is -0.394 e. The topological polar surface area (TPSA) is 110 Å². The molecule has 6 nitrogen and oxygen atoms in total. The van der Waals surface area contributed by atoms with Crippen LogP contribution in [0.25, 0.3) is 0 Å². The molecule has 5 N–H and O–H groups in total. The van der Waals surface area contributed by atoms with E-state index in [9.17, 15) is 25.2 Å². The summed E-state index contributed by atoms with van der Waals surface area (Å²) in [5.74, 6) is -0.587. The first-order valence-corrected chi connectivity index (χ1v) is 27.1. The first-order valence-electron chi connectivity index (χ1n) is 27.1. The quantitative estimate of drug-likeness (QED) is 0.0309. The summed E-state index contributed by atoms with van der Waals surface area (Å²) in [4.78, 5) is 12.6. The molecule has 358 valence electrons. The van der Waals surface area contributed by atoms with Gasteiger partial charge in [-0.25, -0.2) is 0 Å². The number of hydrogen-bond acceptors (Lipinski definition) is 5. The summed E-state index contributed by atoms with van der Waals surface area (Å²) in [7, 11) is 0. The number of rotatable bonds is 50. The van der Waals surface area contributed by atoms with Crippen LogP contribution in [0.1, 0.15) is 296 Å². The molecule has 0 aromatic rings. The Morgan fingerprint density at radius 3 is 1.00 bits per heavy atom. The third-order valence-corrected chi connectivity index (χ3v) is 13.0. The molecule has 0 bridgehead atoms. The van der Waals surface area contributed by atoms with Crippen molar-refractivity contribution in [3.8, 4) is 0 Å². The largest absolute Gasteiger partial charge is 0.394 e. The van der Waals surface area contributed by atoms with E-state index < -0.39 is 36.9 Å². The minimum atomic E-state index is -1.28. The second-order valence-electron chi connectivity index (χ2n) is 18.9. The van der Waals surface area contributed by atoms with E-state index in [1.54, 1.807) is 0 Å². The number of carbonyl (C=O) groups excluding carboxylic acids is 1. The molecule has 0 radical (unpaired) electrons. The molecule has 0 fully saturated rings. The number of carbonyl (C=O) groups is 1. The molecule has 0 aliphatic heterocycles. The predicted molar refractivity (Wildman–Crippen MR) is 261 cm³/mol. The molecular formula is C54H107NO5. The van der Waals surface area contributed by atoms with Crippen LogP contribution in [-0.4, -0.2) is 57.3 Å². The Bertz CT molecular complexity index is 867. The lowest BCUT2D eigenvalue weighted by atomic mass is 10.00. The van der Waals surface area contributed by atoms with Gasteiger partial charge in [0.05, 0.1) is 18.8 Å². The van der Waals surface area contributed by atoms with E-state index in [1.807, 2.05) is 0 Å². The van der Waals surface area contributed by atoms with E-state index in [0.29, 0.717) is 12.8 Å². The van der Waals surface area contributed by atoms with Crippen molar-refractivity contribution in [3.05, 3.63) is 12.2 Å². The highest BCUT2D eigenvalue weighted by molar-refractivity contribution is 5.80. The fourth-order valence-corrected chi connectivity index (χ4v) is 8.70. The lowest BCUT2D eigenvalue weighted by molar-refractivity contribution is -0.132. The Kier molecular flexibility index (Phi) is 48.3. The molecule has 6 heteroatoms. The van der Waals surface area contributed by atoms with Crippen LogP contribution in [-0.2, 0) is 4.79 Å². The molecule has 0 aromatic carbocycles. The van der Waals surface area contributed by atoms with Gasteiger partial charge in [0.15, 0.2) is 0 Å². The number of aliphatic hydroxyl groups is 4. The van der Waals surface area contributed by atoms with Crippen LogP contribution in [0.15, 0.2) is 12.2 Å². The summed E-state index contributed by atoms with van der Waals surface area (Å²) >= 11 is 0. The van der Waals surface area contributed by atoms with Gasteiger partial charge in [-0.15, -0.1) is 0 Å². The van der Waals surface area contributed by atoms with Crippen LogP contribution in [0.2, 0.25) is 0 Å². The van der Waals surface area contributed by atoms with Crippen molar-refractivity contribution in [2.24, 2.45) is 0 Å². The van der Waals surface area contributed by atoms with Crippen LogP contribution in [0, 0.1) is 0 Å². The van der Waals surface area contributed by atoms with Crippen LogP contribution < -0.4 is 5.32 Å². The van der Waals surface area contributed by atoms with Gasteiger partial charge in [0.2, 0.25) is 5.91 Å². The molecule has 0 saturated heterocycles. The van der Waals surface area contributed by atoms with Crippen molar-refractivity contribution in [3.63, 3.8) is 0 Å². The number of allylic oxidation sites excluding steroid dienone is 2. The molecule has 0 aromatic heterocycles. The number of nitrogens with one attached hydrogen (secondary N) is 1. The summed E-state index contributed by atoms with van der Waals surface area (Å²) in [5.41, 5.74) is 0. The average molecular weight is 850 g/mol. The van der Waals surface area contributed by atoms with Crippen molar-refractivity contribution in [1.82, 2.24) is 5.32 Å². The zero-order chi connectivity index (χ0) is 43.8. The molecule has 0 aliphatic carbocycles. The van der Waals surface area contributed by atoms with E-state index in [-0.39, 0.29) is 0 Å². The molecule has 0 rings (SSSR count). The van der Waals surface area contributed by atoms with Gasteiger partial charge in [0, 0.05) is 0 Å². The maximum Gasteiger partial charge on any atom is 0.249 e. The molecule has 0 saturated carbocycles. The second-order valence-corrected chi connectivity index (χ2v) is 18.9. The summed E-state index contributed by atoms with van der Waals surface area (Å²) in [6.45, 7) is 4.08. The number of hydrogen-bond donors (Lipinski definition) is 5. The number of unbranched alkanes of at least 4 members (excludes halogenated alkanes) is 39. The summed E-state index contributed by atoms with van der Waals surface area (Å²) in [6, 6.07) is -0.998. The van der Waals surface area contributed by atoms with Gasteiger partial charge in [0.1, 0.15) is 12.2 Å². The lowest BCUT2D eigenvalue weighted by Gasteiger charge is -2.27. The van der Waals surface area contributed by atoms with E-state index >= 15 is 0 Å². The van der Waals surface area contributed by atoms with Crippen molar-refractivity contribution in [2.45, 2.75) is 321 Å². The van der Waals surface area contributed by atoms with Gasteiger partial charge in [0.25, 0.3) is 0 Å². The highest BCUT2D eigenvalue weighted by Crippen LogP contribution is 2.18. The Morgan fingerprint density at radius 1 is 0.400 bits per heavy atom. The molecular weight excluding hydrogens is 743 g/mol. The van der Waals surface area contributed by atoms with Crippen LogP contribution in [0.5, 0.6) is 0 Å². The molecule has 1 amide bonds. The summed E-state index contributed by atoms with van der Waals surface area (Å²) in [6.07, 6.45) is 57.0. The van der Waals surface area contributed by atoms with Gasteiger partial charge in [-0.1, -0.05) is 270 Å². The highest BCUT2D eigenvalue weighted by Gasteiger charge is 2.28. The number of amides is 1. The summed E-state index contributed by atoms with van der Waals surface area (Å²) < 4.78 is 0. The first-order chi connectivity index (χ1) is 29.5. The van der Waals surface area contributed by atoms with E-state index in [4.69, 9.17) is 0 Å². The minimum absolute atomic E-state index is 0.369. The van der Waals surface area contributed by atoms with Crippen LogP contribution in [0.4, 0.5) is 0 Å². The molecule has 0 spiro atoms. The second kappa shape index (κ2) is 49.1. The molecule has 60 heavy (non-hydrogen) atoms. The van der Waals surface area contributed by atoms with Gasteiger partial charge in [-0.2, -0.15) is 0 Å². The number of aliphatic hydroxyl groups excluding tert-OH is 4. The Balaban J connectivity index is 3.63. The van der Waals surface area contributed by atoms with Gasteiger partial charge in [-0.3, -0.25) is 4.79 Å². The SMILES string of the molecule is CCCCCCCCCCCCCCCC/C=C/CCCC(O)C(O)C(CO)NC(=O)C(O)CCCCCCCCCCCCCCCCCCCCCCCCCCC. The zero-order valence-electron chi connectivity index (χ0n) is 40.5. The van der Waals surface area contributed by atoms with Gasteiger partial charge < -0.3 is 25.7 Å². The van der Waals surface area contributed by atoms with E-state index in [1.165, 1.54) is 231 Å². The van der Waals surface area contributed by atoms with Crippen LogP contribution >= 0.6 is 0 Å². The monoisotopic (exact) mass is 850 g/mol. The maximum absolute atomic E-state index is 12.6. The third kappa shape index (κ3) is 42.4. The molecule has 0 aliphatic rings.